The van der Waals surface area contributed by atoms with Gasteiger partial charge in [-0.15, -0.1) is 0 Å². The minimum atomic E-state index is 0.215. The van der Waals surface area contributed by atoms with Gasteiger partial charge in [-0.05, 0) is 55.4 Å². The molecule has 2 aromatic rings. The number of anilines is 1. The van der Waals surface area contributed by atoms with Crippen LogP contribution in [0.2, 0.25) is 0 Å². The summed E-state index contributed by atoms with van der Waals surface area (Å²) in [6.45, 7) is 13.0. The zero-order chi connectivity index (χ0) is 20.0. The van der Waals surface area contributed by atoms with Gasteiger partial charge in [0.15, 0.2) is 11.6 Å². The van der Waals surface area contributed by atoms with Crippen molar-refractivity contribution in [3.8, 4) is 17.0 Å². The lowest BCUT2D eigenvalue weighted by molar-refractivity contribution is 0.193. The van der Waals surface area contributed by atoms with Crippen molar-refractivity contribution in [1.29, 1.82) is 0 Å². The summed E-state index contributed by atoms with van der Waals surface area (Å²) < 4.78 is 6.23. The molecule has 0 saturated carbocycles. The first-order chi connectivity index (χ1) is 13.0. The van der Waals surface area contributed by atoms with E-state index < -0.39 is 0 Å². The van der Waals surface area contributed by atoms with Gasteiger partial charge in [0.05, 0.1) is 11.8 Å². The number of aromatic nitrogens is 2. The Bertz CT molecular complexity index is 752. The summed E-state index contributed by atoms with van der Waals surface area (Å²) in [5, 5.41) is 3.22. The second kappa shape index (κ2) is 9.72. The Morgan fingerprint density at radius 1 is 1.00 bits per heavy atom. The Kier molecular flexibility index (Phi) is 7.64. The van der Waals surface area contributed by atoms with Crippen LogP contribution in [0, 0.1) is 0 Å². The largest absolute Gasteiger partial charge is 0.487 e. The molecule has 2 rings (SSSR count). The molecule has 2 aromatic heterocycles. The Morgan fingerprint density at radius 3 is 2.22 bits per heavy atom. The molecule has 0 bridgehead atoms. The first kappa shape index (κ1) is 21.2. The molecular formula is C23H35N3O. The fourth-order valence-corrected chi connectivity index (χ4v) is 3.27. The van der Waals surface area contributed by atoms with E-state index in [0.717, 1.165) is 59.9 Å². The van der Waals surface area contributed by atoms with Crippen LogP contribution in [0.15, 0.2) is 18.2 Å². The van der Waals surface area contributed by atoms with Crippen molar-refractivity contribution in [3.63, 3.8) is 0 Å². The Hall–Kier alpha value is -2.10. The van der Waals surface area contributed by atoms with E-state index in [9.17, 15) is 0 Å². The zero-order valence-corrected chi connectivity index (χ0v) is 18.0. The van der Waals surface area contributed by atoms with Crippen LogP contribution in [0.25, 0.3) is 11.3 Å². The first-order valence-electron chi connectivity index (χ1n) is 10.4. The monoisotopic (exact) mass is 369 g/mol. The van der Waals surface area contributed by atoms with E-state index in [1.54, 1.807) is 0 Å². The van der Waals surface area contributed by atoms with Gasteiger partial charge in [0, 0.05) is 24.0 Å². The molecule has 0 aliphatic rings. The van der Waals surface area contributed by atoms with Crippen molar-refractivity contribution in [2.75, 3.05) is 12.4 Å². The average molecular weight is 370 g/mol. The smallest absolute Gasteiger partial charge is 0.169 e. The SMILES string of the molecule is CCc1cc(OC(CC)CC)c(NC)nc1-c1ccc(C(C)C)nc1CC. The van der Waals surface area contributed by atoms with Crippen LogP contribution < -0.4 is 10.1 Å². The van der Waals surface area contributed by atoms with Gasteiger partial charge in [0.25, 0.3) is 0 Å². The predicted molar refractivity (Wildman–Crippen MR) is 115 cm³/mol. The molecule has 0 unspecified atom stereocenters. The van der Waals surface area contributed by atoms with E-state index in [0.29, 0.717) is 5.92 Å². The topological polar surface area (TPSA) is 47.0 Å². The molecule has 0 radical (unpaired) electrons. The maximum atomic E-state index is 6.23. The Morgan fingerprint density at radius 2 is 1.70 bits per heavy atom. The molecule has 2 heterocycles. The van der Waals surface area contributed by atoms with E-state index in [-0.39, 0.29) is 6.10 Å². The highest BCUT2D eigenvalue weighted by atomic mass is 16.5. The fraction of sp³-hybridized carbons (Fsp3) is 0.565. The number of nitrogens with zero attached hydrogens (tertiary/aromatic N) is 2. The van der Waals surface area contributed by atoms with Gasteiger partial charge in [0.1, 0.15) is 0 Å². The maximum Gasteiger partial charge on any atom is 0.169 e. The van der Waals surface area contributed by atoms with E-state index in [4.69, 9.17) is 14.7 Å². The van der Waals surface area contributed by atoms with Crippen molar-refractivity contribution in [3.05, 3.63) is 35.2 Å². The molecule has 4 heteroatoms. The highest BCUT2D eigenvalue weighted by Gasteiger charge is 2.18. The molecule has 0 aromatic carbocycles. The van der Waals surface area contributed by atoms with E-state index in [1.807, 2.05) is 7.05 Å². The van der Waals surface area contributed by atoms with Gasteiger partial charge in [0.2, 0.25) is 0 Å². The van der Waals surface area contributed by atoms with E-state index >= 15 is 0 Å². The summed E-state index contributed by atoms with van der Waals surface area (Å²) in [4.78, 5) is 9.86. The number of nitrogens with one attached hydrogen (secondary N) is 1. The van der Waals surface area contributed by atoms with Gasteiger partial charge in [-0.1, -0.05) is 41.5 Å². The number of hydrogen-bond donors (Lipinski definition) is 1. The standard InChI is InChI=1S/C23H35N3O/c1-8-16-14-21(27-17(9-2)10-3)23(24-7)26-22(16)18-12-13-20(15(5)6)25-19(18)11-4/h12-15,17H,8-11H2,1-7H3,(H,24,26). The third kappa shape index (κ3) is 4.79. The van der Waals surface area contributed by atoms with Gasteiger partial charge >= 0.3 is 0 Å². The summed E-state index contributed by atoms with van der Waals surface area (Å²) in [6, 6.07) is 6.47. The van der Waals surface area contributed by atoms with E-state index in [1.165, 1.54) is 5.56 Å². The van der Waals surface area contributed by atoms with Gasteiger partial charge < -0.3 is 10.1 Å². The van der Waals surface area contributed by atoms with Crippen molar-refractivity contribution < 1.29 is 4.74 Å². The lowest BCUT2D eigenvalue weighted by Gasteiger charge is -2.21. The highest BCUT2D eigenvalue weighted by molar-refractivity contribution is 5.70. The first-order valence-corrected chi connectivity index (χ1v) is 10.4. The third-order valence-corrected chi connectivity index (χ3v) is 5.07. The molecule has 1 N–H and O–H groups in total. The van der Waals surface area contributed by atoms with Crippen LogP contribution in [0.1, 0.15) is 77.3 Å². The zero-order valence-electron chi connectivity index (χ0n) is 18.0. The molecule has 0 amide bonds. The minimum Gasteiger partial charge on any atom is -0.487 e. The Labute approximate surface area is 164 Å². The molecule has 148 valence electrons. The molecule has 0 aliphatic heterocycles. The minimum absolute atomic E-state index is 0.215. The maximum absolute atomic E-state index is 6.23. The number of ether oxygens (including phenoxy) is 1. The predicted octanol–water partition coefficient (Wildman–Crippen LogP) is 6.00. The molecule has 0 saturated heterocycles. The highest BCUT2D eigenvalue weighted by Crippen LogP contribution is 2.34. The molecule has 4 nitrogen and oxygen atoms in total. The molecular weight excluding hydrogens is 334 g/mol. The number of aryl methyl sites for hydroxylation is 2. The van der Waals surface area contributed by atoms with Crippen LogP contribution in [-0.2, 0) is 12.8 Å². The summed E-state index contributed by atoms with van der Waals surface area (Å²) in [7, 11) is 1.90. The van der Waals surface area contributed by atoms with Crippen molar-refractivity contribution in [2.45, 2.75) is 79.2 Å². The third-order valence-electron chi connectivity index (χ3n) is 5.07. The average Bonchev–Trinajstić information content (AvgIpc) is 2.70. The van der Waals surface area contributed by atoms with Gasteiger partial charge in [-0.2, -0.15) is 0 Å². The second-order valence-corrected chi connectivity index (χ2v) is 7.24. The Balaban J connectivity index is 2.57. The summed E-state index contributed by atoms with van der Waals surface area (Å²) in [5.74, 6) is 2.06. The van der Waals surface area contributed by atoms with Crippen molar-refractivity contribution >= 4 is 5.82 Å². The van der Waals surface area contributed by atoms with Crippen molar-refractivity contribution in [2.24, 2.45) is 0 Å². The summed E-state index contributed by atoms with van der Waals surface area (Å²) in [5.41, 5.74) is 5.58. The normalized spacial score (nSPS) is 11.3. The molecule has 0 fully saturated rings. The molecule has 0 spiro atoms. The number of rotatable bonds is 9. The van der Waals surface area contributed by atoms with Crippen LogP contribution in [0.5, 0.6) is 5.75 Å². The lowest BCUT2D eigenvalue weighted by Crippen LogP contribution is -2.15. The fourth-order valence-electron chi connectivity index (χ4n) is 3.27. The lowest BCUT2D eigenvalue weighted by atomic mass is 9.99. The quantitative estimate of drug-likeness (QED) is 0.589. The molecule has 0 atom stereocenters. The van der Waals surface area contributed by atoms with Crippen molar-refractivity contribution in [1.82, 2.24) is 9.97 Å². The van der Waals surface area contributed by atoms with Crippen LogP contribution in [0.3, 0.4) is 0 Å². The molecule has 0 aliphatic carbocycles. The number of pyridine rings is 2. The number of hydrogen-bond acceptors (Lipinski definition) is 4. The van der Waals surface area contributed by atoms with Crippen LogP contribution in [0.4, 0.5) is 5.82 Å². The van der Waals surface area contributed by atoms with E-state index in [2.05, 4.69) is 65.1 Å². The molecule has 27 heavy (non-hydrogen) atoms. The summed E-state index contributed by atoms with van der Waals surface area (Å²) in [6.07, 6.45) is 3.99. The summed E-state index contributed by atoms with van der Waals surface area (Å²) >= 11 is 0. The second-order valence-electron chi connectivity index (χ2n) is 7.24. The van der Waals surface area contributed by atoms with Crippen LogP contribution >= 0.6 is 0 Å². The van der Waals surface area contributed by atoms with Gasteiger partial charge in [-0.25, -0.2) is 4.98 Å². The van der Waals surface area contributed by atoms with Gasteiger partial charge in [-0.3, -0.25) is 4.98 Å². The van der Waals surface area contributed by atoms with Crippen LogP contribution in [-0.4, -0.2) is 23.1 Å².